The van der Waals surface area contributed by atoms with Gasteiger partial charge in [0.05, 0.1) is 16.9 Å². The van der Waals surface area contributed by atoms with E-state index in [-0.39, 0.29) is 46.5 Å². The smallest absolute Gasteiger partial charge is 0.463 e. The van der Waals surface area contributed by atoms with Gasteiger partial charge in [-0.15, -0.1) is 30.6 Å². The second-order valence-corrected chi connectivity index (χ2v) is 17.6. The molecular formula is C46H60BCl3F8N14O8. The number of rotatable bonds is 13. The molecule has 0 unspecified atom stereocenters. The maximum absolute atomic E-state index is 14.1. The number of halogens is 11. The van der Waals surface area contributed by atoms with Crippen LogP contribution in [0.25, 0.3) is 22.6 Å². The largest absolute Gasteiger partial charge is 0.496 e. The summed E-state index contributed by atoms with van der Waals surface area (Å²) in [6.07, 6.45) is -11.2. The van der Waals surface area contributed by atoms with Crippen LogP contribution in [0, 0.1) is 11.6 Å². The summed E-state index contributed by atoms with van der Waals surface area (Å²) in [4.78, 5) is 16.9. The molecule has 80 heavy (non-hydrogen) atoms. The zero-order valence-corrected chi connectivity index (χ0v) is 44.3. The Hall–Kier alpha value is -6.32. The Balaban J connectivity index is 0.000000537. The summed E-state index contributed by atoms with van der Waals surface area (Å²) in [5, 5.41) is 31.3. The number of anilines is 1. The molecule has 8 heterocycles. The molecule has 0 bridgehead atoms. The second-order valence-electron chi connectivity index (χ2n) is 16.4. The van der Waals surface area contributed by atoms with Crippen LogP contribution in [0.2, 0.25) is 10.3 Å². The van der Waals surface area contributed by atoms with E-state index in [0.29, 0.717) is 51.4 Å². The summed E-state index contributed by atoms with van der Waals surface area (Å²) in [7, 11) is 3.65. The average molecular weight is 1210 g/mol. The van der Waals surface area contributed by atoms with Crippen LogP contribution in [0.5, 0.6) is 11.8 Å². The van der Waals surface area contributed by atoms with Crippen molar-refractivity contribution in [2.24, 2.45) is 5.84 Å². The van der Waals surface area contributed by atoms with Gasteiger partial charge in [0.2, 0.25) is 5.24 Å². The molecule has 2 atom stereocenters. The Morgan fingerprint density at radius 3 is 1.57 bits per heavy atom. The number of carbonyl (C=O) groups is 1. The highest BCUT2D eigenvalue weighted by Gasteiger charge is 2.52. The van der Waals surface area contributed by atoms with E-state index in [4.69, 9.17) is 59.4 Å². The molecule has 0 aliphatic carbocycles. The molecule has 1 fully saturated rings. The third-order valence-corrected chi connectivity index (χ3v) is 10.7. The van der Waals surface area contributed by atoms with Crippen LogP contribution < -0.4 is 26.2 Å². The van der Waals surface area contributed by atoms with Crippen molar-refractivity contribution in [1.29, 1.82) is 0 Å². The predicted octanol–water partition coefficient (Wildman–Crippen LogP) is 9.30. The average Bonchev–Trinajstić information content (AvgIpc) is 4.02. The molecular weight excluding hydrogens is 1150 g/mol. The lowest BCUT2D eigenvalue weighted by Gasteiger charge is -2.32. The topological polar surface area (TPSA) is 257 Å². The van der Waals surface area contributed by atoms with Crippen LogP contribution in [-0.4, -0.2) is 136 Å². The van der Waals surface area contributed by atoms with E-state index in [9.17, 15) is 39.9 Å². The van der Waals surface area contributed by atoms with Crippen LogP contribution in [0.4, 0.5) is 40.9 Å². The Morgan fingerprint density at radius 2 is 1.16 bits per heavy atom. The molecule has 0 spiro atoms. The minimum absolute atomic E-state index is 0. The van der Waals surface area contributed by atoms with Gasteiger partial charge in [0.25, 0.3) is 11.8 Å². The molecule has 0 amide bonds. The van der Waals surface area contributed by atoms with Gasteiger partial charge in [-0.05, 0) is 102 Å². The first-order valence-electron chi connectivity index (χ1n) is 21.9. The number of ether oxygens (including phenoxy) is 5. The summed E-state index contributed by atoms with van der Waals surface area (Å²) in [5.41, 5.74) is 3.08. The van der Waals surface area contributed by atoms with Crippen LogP contribution in [0.1, 0.15) is 75.5 Å². The standard InChI is InChI=1S/C15H13F4N5O2.C14H18BF4NO3.C7H7ClN4O.C4H5ClN4.C3H5ClO2.3CH4/c1-8(15(17,18)19)26-14-10(16)5-9(6-20-14)11-3-4-12-21-22-13(7-25-2)24(12)23-11;1-8(14(17,18)19)21-11-10(16)6-9(7-20-11)15-22-12(2,3)13(4,5)23-15;1-13-4-7-10-9-6-3-2-5(8)11-12(6)7;5-3-1-2-4(7-6)9-8-3;1-6-2-3(4)5;;;/h3-6,8H,7H2,1-2H3;6-8H,1-5H3;2-3H,4H2,1H3;1-2H,6H2,(H,7,9);2H2,1H3;3*1H4/t2*8-;;;;;;/m11....../s1. The number of pyridine rings is 2. The van der Waals surface area contributed by atoms with Gasteiger partial charge in [-0.1, -0.05) is 45.5 Å². The maximum atomic E-state index is 14.1. The third-order valence-electron chi connectivity index (χ3n) is 10.2. The normalized spacial score (nSPS) is 13.8. The molecule has 34 heteroatoms. The predicted molar refractivity (Wildman–Crippen MR) is 281 cm³/mol. The quantitative estimate of drug-likeness (QED) is 0.0358. The lowest BCUT2D eigenvalue weighted by atomic mass is 9.80. The number of methoxy groups -OCH3 is 3. The summed E-state index contributed by atoms with van der Waals surface area (Å²) in [6.45, 7) is 9.43. The van der Waals surface area contributed by atoms with Crippen molar-refractivity contribution in [2.75, 3.05) is 33.4 Å². The highest BCUT2D eigenvalue weighted by Crippen LogP contribution is 2.37. The highest BCUT2D eigenvalue weighted by atomic mass is 35.5. The number of hydrogen-bond acceptors (Lipinski definition) is 20. The third kappa shape index (κ3) is 20.7. The molecule has 3 N–H and O–H groups in total. The number of nitrogen functional groups attached to an aromatic ring is 1. The molecule has 0 radical (unpaired) electrons. The van der Waals surface area contributed by atoms with Gasteiger partial charge in [0.15, 0.2) is 57.8 Å². The van der Waals surface area contributed by atoms with Gasteiger partial charge in [0, 0.05) is 44.7 Å². The summed E-state index contributed by atoms with van der Waals surface area (Å²) in [6, 6.07) is 11.8. The van der Waals surface area contributed by atoms with Crippen molar-refractivity contribution in [1.82, 2.24) is 59.8 Å². The molecule has 1 aliphatic heterocycles. The number of nitrogens with one attached hydrogen (secondary N) is 1. The van der Waals surface area contributed by atoms with Gasteiger partial charge in [-0.2, -0.15) is 45.6 Å². The minimum Gasteiger partial charge on any atom is -0.463 e. The van der Waals surface area contributed by atoms with Crippen LogP contribution in [0.3, 0.4) is 0 Å². The highest BCUT2D eigenvalue weighted by molar-refractivity contribution is 6.64. The molecule has 0 saturated carbocycles. The van der Waals surface area contributed by atoms with Crippen LogP contribution in [0.15, 0.2) is 60.9 Å². The zero-order valence-electron chi connectivity index (χ0n) is 42.0. The van der Waals surface area contributed by atoms with Gasteiger partial charge < -0.3 is 38.4 Å². The molecule has 0 aromatic carbocycles. The Labute approximate surface area is 470 Å². The molecule has 442 valence electrons. The van der Waals surface area contributed by atoms with Crippen LogP contribution >= 0.6 is 34.8 Å². The number of hydrogen-bond donors (Lipinski definition) is 2. The Morgan fingerprint density at radius 1 is 0.688 bits per heavy atom. The first-order valence-corrected chi connectivity index (χ1v) is 23.0. The molecule has 22 nitrogen and oxygen atoms in total. The first kappa shape index (κ1) is 71.7. The van der Waals surface area contributed by atoms with Gasteiger partial charge in [0.1, 0.15) is 25.0 Å². The van der Waals surface area contributed by atoms with Gasteiger partial charge >= 0.3 is 19.5 Å². The van der Waals surface area contributed by atoms with Crippen molar-refractivity contribution in [3.8, 4) is 23.0 Å². The van der Waals surface area contributed by atoms with Crippen LogP contribution in [-0.2, 0) is 41.5 Å². The molecule has 8 rings (SSSR count). The number of fused-ring (bicyclic) bond motifs is 2. The fourth-order valence-electron chi connectivity index (χ4n) is 5.50. The van der Waals surface area contributed by atoms with E-state index in [0.717, 1.165) is 26.0 Å². The van der Waals surface area contributed by atoms with Crippen molar-refractivity contribution in [2.45, 2.75) is 113 Å². The number of aromatic nitrogens is 12. The fraction of sp³-hybridized carbons (Fsp3) is 0.457. The van der Waals surface area contributed by atoms with Gasteiger partial charge in [-0.3, -0.25) is 4.79 Å². The Bertz CT molecular complexity index is 3010. The van der Waals surface area contributed by atoms with E-state index in [1.165, 1.54) is 31.1 Å². The number of carbonyl (C=O) groups excluding carboxylic acids is 1. The van der Waals surface area contributed by atoms with E-state index in [1.54, 1.807) is 48.0 Å². The first-order chi connectivity index (χ1) is 36.0. The number of nitrogens with two attached hydrogens (primary N) is 1. The SMILES string of the molecule is C.C.C.COCC(=O)Cl.COCc1nnc2ccc(-c3cnc(O[C@H](C)C(F)(F)F)c(F)c3)nn12.COCc1nnc2ccc(Cl)nn12.C[C@@H](Oc1ncc(B2OC(C)(C)C(C)(C)O2)cc1F)C(F)(F)F.NNc1ccc(Cl)nn1. The van der Waals surface area contributed by atoms with E-state index in [2.05, 4.69) is 70.4 Å². The number of nitrogens with zero attached hydrogens (tertiary/aromatic N) is 12. The molecule has 1 saturated heterocycles. The summed E-state index contributed by atoms with van der Waals surface area (Å²) >= 11 is 16.0. The van der Waals surface area contributed by atoms with E-state index < -0.39 is 71.5 Å². The summed E-state index contributed by atoms with van der Waals surface area (Å²) in [5.74, 6) is 3.11. The summed E-state index contributed by atoms with van der Waals surface area (Å²) < 4.78 is 141. The lowest BCUT2D eigenvalue weighted by Crippen LogP contribution is -2.41. The molecule has 7 aromatic heterocycles. The van der Waals surface area contributed by atoms with Crippen molar-refractivity contribution in [3.05, 3.63) is 94.5 Å². The lowest BCUT2D eigenvalue weighted by molar-refractivity contribution is -0.190. The van der Waals surface area contributed by atoms with E-state index in [1.807, 2.05) is 27.7 Å². The zero-order chi connectivity index (χ0) is 57.5. The van der Waals surface area contributed by atoms with Crippen molar-refractivity contribution in [3.63, 3.8) is 0 Å². The monoisotopic (exact) mass is 1200 g/mol. The van der Waals surface area contributed by atoms with E-state index >= 15 is 0 Å². The molecule has 7 aromatic rings. The van der Waals surface area contributed by atoms with Crippen molar-refractivity contribution < 1.29 is 72.9 Å². The Kier molecular flexibility index (Phi) is 28.3. The van der Waals surface area contributed by atoms with Crippen molar-refractivity contribution >= 4 is 69.7 Å². The second kappa shape index (κ2) is 31.6. The molecule has 1 aliphatic rings. The van der Waals surface area contributed by atoms with Gasteiger partial charge in [-0.25, -0.2) is 24.6 Å². The minimum atomic E-state index is -4.62. The number of alkyl halides is 6. The maximum Gasteiger partial charge on any atom is 0.496 e. The number of hydrazine groups is 1. The fourth-order valence-corrected chi connectivity index (χ4v) is 5.85.